The highest BCUT2D eigenvalue weighted by atomic mass is 35.5. The second kappa shape index (κ2) is 8.97. The second-order valence-electron chi connectivity index (χ2n) is 7.33. The van der Waals surface area contributed by atoms with Crippen LogP contribution in [-0.4, -0.2) is 20.9 Å². The molecule has 0 bridgehead atoms. The Hall–Kier alpha value is -3.82. The van der Waals surface area contributed by atoms with Crippen molar-refractivity contribution in [1.82, 2.24) is 10.3 Å². The standard InChI is InChI=1S/C23H17ClN4O4S/c1-12-3-4-14(9-13(12)2)22-26-19-10-15(5-8-20(19)32-22)25-23(33)27-21(29)17-11-16(28(30)31)6-7-18(17)24/h3-11H,1-2H3,(H2,25,27,29,33). The van der Waals surface area contributed by atoms with E-state index in [9.17, 15) is 14.9 Å². The van der Waals surface area contributed by atoms with Crippen LogP contribution in [0.5, 0.6) is 0 Å². The maximum Gasteiger partial charge on any atom is 0.270 e. The summed E-state index contributed by atoms with van der Waals surface area (Å²) in [6.45, 7) is 4.07. The maximum atomic E-state index is 12.5. The molecule has 0 aliphatic heterocycles. The lowest BCUT2D eigenvalue weighted by Crippen LogP contribution is -2.34. The predicted molar refractivity (Wildman–Crippen MR) is 131 cm³/mol. The number of nitro groups is 1. The zero-order chi connectivity index (χ0) is 23.7. The van der Waals surface area contributed by atoms with Crippen LogP contribution in [-0.2, 0) is 0 Å². The Bertz CT molecular complexity index is 1430. The van der Waals surface area contributed by atoms with Crippen molar-refractivity contribution in [2.75, 3.05) is 5.32 Å². The zero-order valence-electron chi connectivity index (χ0n) is 17.5. The highest BCUT2D eigenvalue weighted by Gasteiger charge is 2.17. The average Bonchev–Trinajstić information content (AvgIpc) is 3.19. The third-order valence-electron chi connectivity index (χ3n) is 5.03. The number of benzene rings is 3. The van der Waals surface area contributed by atoms with Gasteiger partial charge in [0.25, 0.3) is 11.6 Å². The molecule has 1 heterocycles. The average molecular weight is 481 g/mol. The number of halogens is 1. The maximum absolute atomic E-state index is 12.5. The Morgan fingerprint density at radius 1 is 1.09 bits per heavy atom. The van der Waals surface area contributed by atoms with Crippen molar-refractivity contribution in [3.05, 3.63) is 86.4 Å². The number of nitrogens with one attached hydrogen (secondary N) is 2. The topological polar surface area (TPSA) is 110 Å². The first kappa shape index (κ1) is 22.4. The van der Waals surface area contributed by atoms with Gasteiger partial charge in [-0.25, -0.2) is 4.98 Å². The van der Waals surface area contributed by atoms with Gasteiger partial charge in [0, 0.05) is 23.4 Å². The van der Waals surface area contributed by atoms with Crippen LogP contribution in [0.3, 0.4) is 0 Å². The van der Waals surface area contributed by atoms with Gasteiger partial charge in [-0.05, 0) is 73.6 Å². The Kier molecular flexibility index (Phi) is 6.08. The normalized spacial score (nSPS) is 10.8. The Balaban J connectivity index is 1.50. The number of fused-ring (bicyclic) bond motifs is 1. The van der Waals surface area contributed by atoms with Gasteiger partial charge in [-0.3, -0.25) is 20.2 Å². The number of thiocarbonyl (C=S) groups is 1. The minimum atomic E-state index is -0.666. The third-order valence-corrected chi connectivity index (χ3v) is 5.57. The molecule has 0 aliphatic carbocycles. The van der Waals surface area contributed by atoms with Crippen molar-refractivity contribution < 1.29 is 14.1 Å². The van der Waals surface area contributed by atoms with Crippen LogP contribution >= 0.6 is 23.8 Å². The molecular weight excluding hydrogens is 464 g/mol. The van der Waals surface area contributed by atoms with Gasteiger partial charge in [-0.15, -0.1) is 0 Å². The van der Waals surface area contributed by atoms with E-state index in [1.165, 1.54) is 17.7 Å². The van der Waals surface area contributed by atoms with Crippen LogP contribution in [0.1, 0.15) is 21.5 Å². The van der Waals surface area contributed by atoms with E-state index in [1.807, 2.05) is 32.0 Å². The number of carbonyl (C=O) groups is 1. The minimum absolute atomic E-state index is 0.000185. The van der Waals surface area contributed by atoms with Crippen LogP contribution in [0.4, 0.5) is 11.4 Å². The molecule has 0 unspecified atom stereocenters. The van der Waals surface area contributed by atoms with E-state index in [1.54, 1.807) is 18.2 Å². The van der Waals surface area contributed by atoms with E-state index < -0.39 is 10.8 Å². The van der Waals surface area contributed by atoms with E-state index in [2.05, 4.69) is 15.6 Å². The number of rotatable bonds is 4. The molecule has 0 fully saturated rings. The minimum Gasteiger partial charge on any atom is -0.436 e. The van der Waals surface area contributed by atoms with Crippen molar-refractivity contribution in [2.24, 2.45) is 0 Å². The number of hydrogen-bond acceptors (Lipinski definition) is 6. The molecule has 0 atom stereocenters. The third kappa shape index (κ3) is 4.84. The summed E-state index contributed by atoms with van der Waals surface area (Å²) >= 11 is 11.2. The smallest absolute Gasteiger partial charge is 0.270 e. The lowest BCUT2D eigenvalue weighted by Gasteiger charge is -2.10. The largest absolute Gasteiger partial charge is 0.436 e. The molecule has 2 N–H and O–H groups in total. The van der Waals surface area contributed by atoms with Crippen LogP contribution in [0.2, 0.25) is 5.02 Å². The van der Waals surface area contributed by atoms with Gasteiger partial charge < -0.3 is 9.73 Å². The van der Waals surface area contributed by atoms with Gasteiger partial charge in [0.05, 0.1) is 15.5 Å². The molecule has 0 aliphatic rings. The molecular formula is C23H17ClN4O4S. The molecule has 10 heteroatoms. The van der Waals surface area contributed by atoms with Gasteiger partial charge in [-0.1, -0.05) is 17.7 Å². The summed E-state index contributed by atoms with van der Waals surface area (Å²) in [5.41, 5.74) is 4.69. The highest BCUT2D eigenvalue weighted by Crippen LogP contribution is 2.27. The van der Waals surface area contributed by atoms with Gasteiger partial charge in [-0.2, -0.15) is 0 Å². The van der Waals surface area contributed by atoms with Crippen molar-refractivity contribution in [2.45, 2.75) is 13.8 Å². The number of aryl methyl sites for hydroxylation is 2. The summed E-state index contributed by atoms with van der Waals surface area (Å²) in [5.74, 6) is -0.165. The lowest BCUT2D eigenvalue weighted by atomic mass is 10.1. The van der Waals surface area contributed by atoms with E-state index in [4.69, 9.17) is 28.2 Å². The zero-order valence-corrected chi connectivity index (χ0v) is 19.1. The number of non-ortho nitro benzene ring substituents is 1. The van der Waals surface area contributed by atoms with Gasteiger partial charge >= 0.3 is 0 Å². The molecule has 0 spiro atoms. The molecule has 1 amide bonds. The molecule has 1 aromatic heterocycles. The molecule has 8 nitrogen and oxygen atoms in total. The van der Waals surface area contributed by atoms with Crippen molar-refractivity contribution >= 4 is 57.3 Å². The summed E-state index contributed by atoms with van der Waals surface area (Å²) in [6.07, 6.45) is 0. The fourth-order valence-corrected chi connectivity index (χ4v) is 3.55. The number of amides is 1. The summed E-state index contributed by atoms with van der Waals surface area (Å²) in [5, 5.41) is 16.4. The van der Waals surface area contributed by atoms with Crippen molar-refractivity contribution in [3.63, 3.8) is 0 Å². The van der Waals surface area contributed by atoms with Crippen LogP contribution in [0.25, 0.3) is 22.6 Å². The number of hydrogen-bond donors (Lipinski definition) is 2. The molecule has 0 saturated carbocycles. The Morgan fingerprint density at radius 2 is 1.88 bits per heavy atom. The molecule has 166 valence electrons. The number of nitro benzene ring substituents is 1. The summed E-state index contributed by atoms with van der Waals surface area (Å²) in [7, 11) is 0. The van der Waals surface area contributed by atoms with Crippen LogP contribution in [0.15, 0.2) is 59.0 Å². The molecule has 4 aromatic rings. The summed E-state index contributed by atoms with van der Waals surface area (Å²) in [6, 6.07) is 14.8. The van der Waals surface area contributed by atoms with Gasteiger partial charge in [0.2, 0.25) is 5.89 Å². The van der Waals surface area contributed by atoms with E-state index >= 15 is 0 Å². The molecule has 33 heavy (non-hydrogen) atoms. The first-order valence-corrected chi connectivity index (χ1v) is 10.5. The van der Waals surface area contributed by atoms with E-state index in [-0.39, 0.29) is 21.4 Å². The predicted octanol–water partition coefficient (Wildman–Crippen LogP) is 5.80. The van der Waals surface area contributed by atoms with Crippen molar-refractivity contribution in [3.8, 4) is 11.5 Å². The molecule has 3 aromatic carbocycles. The molecule has 0 saturated heterocycles. The molecule has 4 rings (SSSR count). The SMILES string of the molecule is Cc1ccc(-c2nc3cc(NC(=S)NC(=O)c4cc([N+](=O)[O-])ccc4Cl)ccc3o2)cc1C. The van der Waals surface area contributed by atoms with E-state index in [0.29, 0.717) is 22.7 Å². The highest BCUT2D eigenvalue weighted by molar-refractivity contribution is 7.80. The fraction of sp³-hybridized carbons (Fsp3) is 0.0870. The quantitative estimate of drug-likeness (QED) is 0.216. The number of nitrogens with zero attached hydrogens (tertiary/aromatic N) is 2. The van der Waals surface area contributed by atoms with Gasteiger partial charge in [0.15, 0.2) is 10.7 Å². The monoisotopic (exact) mass is 480 g/mol. The number of oxazole rings is 1. The second-order valence-corrected chi connectivity index (χ2v) is 8.15. The number of aromatic nitrogens is 1. The van der Waals surface area contributed by atoms with Gasteiger partial charge in [0.1, 0.15) is 5.52 Å². The lowest BCUT2D eigenvalue weighted by molar-refractivity contribution is -0.384. The summed E-state index contributed by atoms with van der Waals surface area (Å²) in [4.78, 5) is 27.4. The number of carbonyl (C=O) groups excluding carboxylic acids is 1. The van der Waals surface area contributed by atoms with Crippen molar-refractivity contribution in [1.29, 1.82) is 0 Å². The van der Waals surface area contributed by atoms with E-state index in [0.717, 1.165) is 17.2 Å². The fourth-order valence-electron chi connectivity index (χ4n) is 3.14. The molecule has 0 radical (unpaired) electrons. The van der Waals surface area contributed by atoms with Crippen LogP contribution < -0.4 is 10.6 Å². The number of anilines is 1. The summed E-state index contributed by atoms with van der Waals surface area (Å²) < 4.78 is 5.86. The first-order chi connectivity index (χ1) is 15.7. The Morgan fingerprint density at radius 3 is 2.61 bits per heavy atom. The first-order valence-electron chi connectivity index (χ1n) is 9.76. The Labute approximate surface area is 198 Å². The van der Waals surface area contributed by atoms with Crippen LogP contribution in [0, 0.1) is 24.0 Å².